The van der Waals surface area contributed by atoms with Crippen LogP contribution in [0.3, 0.4) is 0 Å². The number of alkyl halides is 1. The molecule has 2 aliphatic rings. The molecule has 0 aliphatic carbocycles. The van der Waals surface area contributed by atoms with E-state index in [1.165, 1.54) is 0 Å². The number of benzene rings is 1. The SMILES string of the molecule is O=C(O[C@H]1[C@H](O)[C@H]2CO[C@H](O2)[C@@H]1F)c1ccccc1. The summed E-state index contributed by atoms with van der Waals surface area (Å²) < 4.78 is 29.2. The van der Waals surface area contributed by atoms with Crippen LogP contribution in [-0.2, 0) is 14.2 Å². The number of carbonyl (C=O) groups is 1. The van der Waals surface area contributed by atoms with Crippen LogP contribution in [0.2, 0.25) is 0 Å². The molecule has 1 aromatic rings. The summed E-state index contributed by atoms with van der Waals surface area (Å²) in [4.78, 5) is 11.9. The van der Waals surface area contributed by atoms with Gasteiger partial charge in [-0.1, -0.05) is 18.2 Å². The van der Waals surface area contributed by atoms with Gasteiger partial charge in [-0.25, -0.2) is 9.18 Å². The molecule has 2 heterocycles. The van der Waals surface area contributed by atoms with Gasteiger partial charge in [0.1, 0.15) is 12.2 Å². The Labute approximate surface area is 108 Å². The second-order valence-corrected chi connectivity index (χ2v) is 4.55. The fourth-order valence-electron chi connectivity index (χ4n) is 2.24. The van der Waals surface area contributed by atoms with Crippen molar-refractivity contribution >= 4 is 5.97 Å². The van der Waals surface area contributed by atoms with Gasteiger partial charge in [0.15, 0.2) is 18.6 Å². The summed E-state index contributed by atoms with van der Waals surface area (Å²) in [6.07, 6.45) is -5.89. The molecule has 0 amide bonds. The third-order valence-corrected chi connectivity index (χ3v) is 3.28. The number of rotatable bonds is 2. The minimum absolute atomic E-state index is 0.103. The normalized spacial score (nSPS) is 37.1. The third-order valence-electron chi connectivity index (χ3n) is 3.28. The summed E-state index contributed by atoms with van der Waals surface area (Å²) in [6.45, 7) is 0.103. The molecule has 2 fully saturated rings. The molecule has 1 N–H and O–H groups in total. The van der Waals surface area contributed by atoms with E-state index in [1.54, 1.807) is 30.3 Å². The van der Waals surface area contributed by atoms with Crippen LogP contribution in [0, 0.1) is 0 Å². The molecular weight excluding hydrogens is 255 g/mol. The number of aliphatic hydroxyl groups excluding tert-OH is 1. The molecule has 5 nitrogen and oxygen atoms in total. The molecule has 6 heteroatoms. The molecule has 5 atom stereocenters. The summed E-state index contributed by atoms with van der Waals surface area (Å²) in [6, 6.07) is 8.23. The van der Waals surface area contributed by atoms with Crippen molar-refractivity contribution in [3.05, 3.63) is 35.9 Å². The second kappa shape index (κ2) is 4.88. The molecule has 0 aromatic heterocycles. The predicted molar refractivity (Wildman–Crippen MR) is 61.2 cm³/mol. The number of carbonyl (C=O) groups excluding carboxylic acids is 1. The molecule has 2 saturated heterocycles. The zero-order chi connectivity index (χ0) is 13.4. The summed E-state index contributed by atoms with van der Waals surface area (Å²) in [5.41, 5.74) is 0.307. The summed E-state index contributed by atoms with van der Waals surface area (Å²) in [5.74, 6) is -0.673. The lowest BCUT2D eigenvalue weighted by atomic mass is 10.0. The Kier molecular flexibility index (Phi) is 3.22. The van der Waals surface area contributed by atoms with Gasteiger partial charge in [-0.15, -0.1) is 0 Å². The Morgan fingerprint density at radius 3 is 2.84 bits per heavy atom. The number of hydrogen-bond donors (Lipinski definition) is 1. The maximum Gasteiger partial charge on any atom is 0.338 e. The Morgan fingerprint density at radius 1 is 1.37 bits per heavy atom. The predicted octanol–water partition coefficient (Wildman–Crippen LogP) is 0.666. The Bertz CT molecular complexity index is 449. The van der Waals surface area contributed by atoms with E-state index in [1.807, 2.05) is 0 Å². The highest BCUT2D eigenvalue weighted by atomic mass is 19.1. The molecule has 19 heavy (non-hydrogen) atoms. The number of aliphatic hydroxyl groups is 1. The van der Waals surface area contributed by atoms with Crippen LogP contribution >= 0.6 is 0 Å². The van der Waals surface area contributed by atoms with Crippen LogP contribution < -0.4 is 0 Å². The first-order valence-electron chi connectivity index (χ1n) is 6.02. The van der Waals surface area contributed by atoms with Crippen molar-refractivity contribution in [2.75, 3.05) is 6.61 Å². The first kappa shape index (κ1) is 12.5. The maximum atomic E-state index is 14.0. The Morgan fingerprint density at radius 2 is 2.11 bits per heavy atom. The number of fused-ring (bicyclic) bond motifs is 2. The van der Waals surface area contributed by atoms with Crippen LogP contribution in [0.1, 0.15) is 10.4 Å². The van der Waals surface area contributed by atoms with E-state index >= 15 is 0 Å². The minimum Gasteiger partial charge on any atom is -0.453 e. The number of halogens is 1. The minimum atomic E-state index is -1.69. The summed E-state index contributed by atoms with van der Waals surface area (Å²) >= 11 is 0. The molecule has 1 aromatic carbocycles. The van der Waals surface area contributed by atoms with Gasteiger partial charge in [0.05, 0.1) is 12.2 Å². The highest BCUT2D eigenvalue weighted by Gasteiger charge is 2.52. The topological polar surface area (TPSA) is 65.0 Å². The molecule has 0 unspecified atom stereocenters. The summed E-state index contributed by atoms with van der Waals surface area (Å²) in [5, 5.41) is 9.90. The molecule has 3 rings (SSSR count). The van der Waals surface area contributed by atoms with Crippen molar-refractivity contribution < 1.29 is 28.5 Å². The average Bonchev–Trinajstić information content (AvgIpc) is 2.89. The van der Waals surface area contributed by atoms with Crippen molar-refractivity contribution in [1.82, 2.24) is 0 Å². The number of hydrogen-bond acceptors (Lipinski definition) is 5. The van der Waals surface area contributed by atoms with Gasteiger partial charge in [-0.2, -0.15) is 0 Å². The highest BCUT2D eigenvalue weighted by Crippen LogP contribution is 2.32. The van der Waals surface area contributed by atoms with Crippen molar-refractivity contribution in [3.8, 4) is 0 Å². The van der Waals surface area contributed by atoms with Gasteiger partial charge in [0.25, 0.3) is 0 Å². The fourth-order valence-corrected chi connectivity index (χ4v) is 2.24. The molecule has 102 valence electrons. The lowest BCUT2D eigenvalue weighted by Gasteiger charge is -2.33. The van der Waals surface area contributed by atoms with Crippen molar-refractivity contribution in [2.24, 2.45) is 0 Å². The zero-order valence-electron chi connectivity index (χ0n) is 9.94. The first-order chi connectivity index (χ1) is 9.16. The van der Waals surface area contributed by atoms with E-state index in [2.05, 4.69) is 0 Å². The van der Waals surface area contributed by atoms with Crippen LogP contribution in [0.5, 0.6) is 0 Å². The van der Waals surface area contributed by atoms with Crippen LogP contribution in [-0.4, -0.2) is 48.5 Å². The lowest BCUT2D eigenvalue weighted by molar-refractivity contribution is -0.207. The van der Waals surface area contributed by atoms with E-state index in [0.29, 0.717) is 5.56 Å². The average molecular weight is 268 g/mol. The molecule has 0 radical (unpaired) electrons. The molecule has 0 saturated carbocycles. The van der Waals surface area contributed by atoms with Crippen molar-refractivity contribution in [1.29, 1.82) is 0 Å². The van der Waals surface area contributed by atoms with E-state index in [0.717, 1.165) is 0 Å². The third kappa shape index (κ3) is 2.22. The summed E-state index contributed by atoms with van der Waals surface area (Å²) in [7, 11) is 0. The lowest BCUT2D eigenvalue weighted by Crippen LogP contribution is -2.53. The van der Waals surface area contributed by atoms with Gasteiger partial charge < -0.3 is 19.3 Å². The van der Waals surface area contributed by atoms with Gasteiger partial charge >= 0.3 is 5.97 Å². The largest absolute Gasteiger partial charge is 0.453 e. The van der Waals surface area contributed by atoms with Gasteiger partial charge in [0.2, 0.25) is 0 Å². The van der Waals surface area contributed by atoms with E-state index in [4.69, 9.17) is 14.2 Å². The van der Waals surface area contributed by atoms with Crippen molar-refractivity contribution in [2.45, 2.75) is 30.8 Å². The Balaban J connectivity index is 1.74. The molecule has 2 bridgehead atoms. The van der Waals surface area contributed by atoms with Crippen LogP contribution in [0.25, 0.3) is 0 Å². The first-order valence-corrected chi connectivity index (χ1v) is 6.02. The Hall–Kier alpha value is -1.50. The number of esters is 1. The van der Waals surface area contributed by atoms with E-state index in [9.17, 15) is 14.3 Å². The second-order valence-electron chi connectivity index (χ2n) is 4.55. The standard InChI is InChI=1S/C13H13FO5/c14-9-11(10(15)8-6-17-13(9)18-8)19-12(16)7-4-2-1-3-5-7/h1-5,8-11,13,15H,6H2/t8-,9-,10-,11-,13-/m1/s1. The smallest absolute Gasteiger partial charge is 0.338 e. The highest BCUT2D eigenvalue weighted by molar-refractivity contribution is 5.89. The van der Waals surface area contributed by atoms with Crippen LogP contribution in [0.4, 0.5) is 4.39 Å². The van der Waals surface area contributed by atoms with Crippen LogP contribution in [0.15, 0.2) is 30.3 Å². The molecule has 0 spiro atoms. The van der Waals surface area contributed by atoms with Gasteiger partial charge in [-0.3, -0.25) is 0 Å². The monoisotopic (exact) mass is 268 g/mol. The van der Waals surface area contributed by atoms with E-state index < -0.39 is 36.7 Å². The van der Waals surface area contributed by atoms with E-state index in [-0.39, 0.29) is 6.61 Å². The van der Waals surface area contributed by atoms with Gasteiger partial charge in [-0.05, 0) is 12.1 Å². The molecular formula is C13H13FO5. The quantitative estimate of drug-likeness (QED) is 0.798. The fraction of sp³-hybridized carbons (Fsp3) is 0.462. The molecule has 2 aliphatic heterocycles. The maximum absolute atomic E-state index is 14.0. The number of ether oxygens (including phenoxy) is 3. The zero-order valence-corrected chi connectivity index (χ0v) is 9.94. The van der Waals surface area contributed by atoms with Gasteiger partial charge in [0, 0.05) is 0 Å². The van der Waals surface area contributed by atoms with Crippen molar-refractivity contribution in [3.63, 3.8) is 0 Å².